The van der Waals surface area contributed by atoms with Crippen molar-refractivity contribution in [1.29, 1.82) is 0 Å². The maximum absolute atomic E-state index is 12.5. The fourth-order valence-corrected chi connectivity index (χ4v) is 3.97. The Morgan fingerprint density at radius 2 is 1.93 bits per heavy atom. The minimum Gasteiger partial charge on any atom is -0.422 e. The molecule has 2 heterocycles. The van der Waals surface area contributed by atoms with E-state index in [2.05, 4.69) is 5.32 Å². The Morgan fingerprint density at radius 3 is 2.68 bits per heavy atom. The Morgan fingerprint density at radius 1 is 1.11 bits per heavy atom. The number of benzene rings is 1. The van der Waals surface area contributed by atoms with Gasteiger partial charge in [-0.15, -0.1) is 11.3 Å². The van der Waals surface area contributed by atoms with Crippen LogP contribution in [0.3, 0.4) is 0 Å². The number of esters is 1. The predicted octanol–water partition coefficient (Wildman–Crippen LogP) is 4.14. The van der Waals surface area contributed by atoms with Gasteiger partial charge in [0.25, 0.3) is 5.91 Å². The van der Waals surface area contributed by atoms with E-state index in [1.165, 1.54) is 29.9 Å². The predicted molar refractivity (Wildman–Crippen MR) is 106 cm³/mol. The van der Waals surface area contributed by atoms with Crippen LogP contribution in [0.1, 0.15) is 52.1 Å². The highest BCUT2D eigenvalue weighted by Gasteiger charge is 2.20. The van der Waals surface area contributed by atoms with E-state index in [0.717, 1.165) is 25.7 Å². The summed E-state index contributed by atoms with van der Waals surface area (Å²) < 4.78 is 10.6. The summed E-state index contributed by atoms with van der Waals surface area (Å²) in [6.07, 6.45) is 5.23. The van der Waals surface area contributed by atoms with Gasteiger partial charge in [0.15, 0.2) is 0 Å². The van der Waals surface area contributed by atoms with E-state index >= 15 is 0 Å². The Balaban J connectivity index is 1.54. The van der Waals surface area contributed by atoms with E-state index in [9.17, 15) is 14.4 Å². The van der Waals surface area contributed by atoms with Gasteiger partial charge in [0, 0.05) is 17.5 Å². The summed E-state index contributed by atoms with van der Waals surface area (Å²) in [5, 5.41) is 5.30. The number of carbonyl (C=O) groups excluding carboxylic acids is 2. The van der Waals surface area contributed by atoms with Gasteiger partial charge in [0.05, 0.1) is 0 Å². The topological polar surface area (TPSA) is 85.6 Å². The van der Waals surface area contributed by atoms with E-state index in [0.29, 0.717) is 10.3 Å². The molecule has 0 bridgehead atoms. The Hall–Kier alpha value is -2.93. The molecule has 1 saturated carbocycles. The molecule has 28 heavy (non-hydrogen) atoms. The van der Waals surface area contributed by atoms with Crippen molar-refractivity contribution >= 4 is 34.2 Å². The molecule has 6 nitrogen and oxygen atoms in total. The third kappa shape index (κ3) is 3.99. The van der Waals surface area contributed by atoms with Crippen molar-refractivity contribution in [2.24, 2.45) is 0 Å². The number of rotatable bonds is 4. The molecule has 1 fully saturated rings. The summed E-state index contributed by atoms with van der Waals surface area (Å²) in [6.45, 7) is 0. The number of hydrogen-bond donors (Lipinski definition) is 1. The molecule has 4 rings (SSSR count). The number of ether oxygens (including phenoxy) is 1. The SMILES string of the molecule is O=C(Oc1ccc2cc(C(=O)NC3CCCCC3)c(=O)oc2c1)c1cccs1. The van der Waals surface area contributed by atoms with Gasteiger partial charge in [-0.05, 0) is 42.5 Å². The van der Waals surface area contributed by atoms with Crippen molar-refractivity contribution in [1.82, 2.24) is 5.32 Å². The molecule has 0 unspecified atom stereocenters. The van der Waals surface area contributed by atoms with Gasteiger partial charge >= 0.3 is 11.6 Å². The fraction of sp³-hybridized carbons (Fsp3) is 0.286. The minimum atomic E-state index is -0.706. The van der Waals surface area contributed by atoms with E-state index in [4.69, 9.17) is 9.15 Å². The maximum atomic E-state index is 12.5. The van der Waals surface area contributed by atoms with Crippen LogP contribution in [0.2, 0.25) is 0 Å². The summed E-state index contributed by atoms with van der Waals surface area (Å²) in [4.78, 5) is 37.3. The van der Waals surface area contributed by atoms with Crippen molar-refractivity contribution in [2.75, 3.05) is 0 Å². The van der Waals surface area contributed by atoms with Crippen LogP contribution in [0, 0.1) is 0 Å². The second-order valence-electron chi connectivity index (χ2n) is 6.82. The van der Waals surface area contributed by atoms with Crippen LogP contribution >= 0.6 is 11.3 Å². The van der Waals surface area contributed by atoms with E-state index < -0.39 is 17.5 Å². The average molecular weight is 397 g/mol. The molecule has 1 N–H and O–H groups in total. The van der Waals surface area contributed by atoms with E-state index in [-0.39, 0.29) is 22.9 Å². The summed E-state index contributed by atoms with van der Waals surface area (Å²) in [5.74, 6) is -0.607. The van der Waals surface area contributed by atoms with Gasteiger partial charge in [-0.1, -0.05) is 25.3 Å². The first-order valence-electron chi connectivity index (χ1n) is 9.24. The van der Waals surface area contributed by atoms with Crippen molar-refractivity contribution in [3.63, 3.8) is 0 Å². The van der Waals surface area contributed by atoms with Gasteiger partial charge in [-0.2, -0.15) is 0 Å². The Kier molecular flexibility index (Phi) is 5.25. The van der Waals surface area contributed by atoms with Crippen molar-refractivity contribution in [3.05, 3.63) is 62.6 Å². The third-order valence-electron chi connectivity index (χ3n) is 4.83. The van der Waals surface area contributed by atoms with E-state index in [1.807, 2.05) is 0 Å². The number of fused-ring (bicyclic) bond motifs is 1. The van der Waals surface area contributed by atoms with Gasteiger partial charge in [-0.3, -0.25) is 4.79 Å². The molecule has 1 aliphatic rings. The first-order valence-corrected chi connectivity index (χ1v) is 10.1. The van der Waals surface area contributed by atoms with Crippen LogP contribution in [0.15, 0.2) is 51.0 Å². The second-order valence-corrected chi connectivity index (χ2v) is 7.77. The van der Waals surface area contributed by atoms with Crippen LogP contribution in [0.4, 0.5) is 0 Å². The zero-order chi connectivity index (χ0) is 19.5. The molecule has 1 aliphatic carbocycles. The van der Waals surface area contributed by atoms with Gasteiger partial charge in [0.2, 0.25) is 0 Å². The zero-order valence-electron chi connectivity index (χ0n) is 15.1. The molecular weight excluding hydrogens is 378 g/mol. The first-order chi connectivity index (χ1) is 13.6. The van der Waals surface area contributed by atoms with Crippen LogP contribution in [0.25, 0.3) is 11.0 Å². The average Bonchev–Trinajstić information content (AvgIpc) is 3.23. The summed E-state index contributed by atoms with van der Waals surface area (Å²) in [7, 11) is 0. The van der Waals surface area contributed by atoms with Crippen molar-refractivity contribution in [2.45, 2.75) is 38.1 Å². The first kappa shape index (κ1) is 18.4. The van der Waals surface area contributed by atoms with E-state index in [1.54, 1.807) is 29.6 Å². The lowest BCUT2D eigenvalue weighted by molar-refractivity contribution is 0.0739. The molecule has 0 saturated heterocycles. The maximum Gasteiger partial charge on any atom is 0.353 e. The molecule has 0 radical (unpaired) electrons. The highest BCUT2D eigenvalue weighted by Crippen LogP contribution is 2.23. The molecule has 144 valence electrons. The van der Waals surface area contributed by atoms with Crippen LogP contribution < -0.4 is 15.7 Å². The van der Waals surface area contributed by atoms with Crippen LogP contribution in [-0.4, -0.2) is 17.9 Å². The highest BCUT2D eigenvalue weighted by molar-refractivity contribution is 7.12. The Bertz CT molecular complexity index is 1060. The molecule has 0 aliphatic heterocycles. The standard InChI is InChI=1S/C21H19NO5S/c23-19(22-14-5-2-1-3-6-14)16-11-13-8-9-15(12-17(13)27-20(16)24)26-21(25)18-7-4-10-28-18/h4,7-12,14H,1-3,5-6H2,(H,22,23). The van der Waals surface area contributed by atoms with Crippen LogP contribution in [0.5, 0.6) is 5.75 Å². The van der Waals surface area contributed by atoms with Crippen LogP contribution in [-0.2, 0) is 0 Å². The van der Waals surface area contributed by atoms with Crippen molar-refractivity contribution < 1.29 is 18.7 Å². The largest absolute Gasteiger partial charge is 0.422 e. The third-order valence-corrected chi connectivity index (χ3v) is 5.68. The number of thiophene rings is 1. The highest BCUT2D eigenvalue weighted by atomic mass is 32.1. The molecule has 1 amide bonds. The molecular formula is C21H19NO5S. The zero-order valence-corrected chi connectivity index (χ0v) is 15.9. The lowest BCUT2D eigenvalue weighted by Crippen LogP contribution is -2.38. The summed E-state index contributed by atoms with van der Waals surface area (Å²) in [6, 6.07) is 9.81. The van der Waals surface area contributed by atoms with Gasteiger partial charge < -0.3 is 14.5 Å². The normalized spacial score (nSPS) is 14.7. The number of amides is 1. The minimum absolute atomic E-state index is 0.0126. The summed E-state index contributed by atoms with van der Waals surface area (Å²) >= 11 is 1.28. The number of nitrogens with one attached hydrogen (secondary N) is 1. The lowest BCUT2D eigenvalue weighted by Gasteiger charge is -2.22. The Labute approximate surface area is 165 Å². The monoisotopic (exact) mass is 397 g/mol. The van der Waals surface area contributed by atoms with Crippen molar-refractivity contribution in [3.8, 4) is 5.75 Å². The number of hydrogen-bond acceptors (Lipinski definition) is 6. The second kappa shape index (κ2) is 7.98. The lowest BCUT2D eigenvalue weighted by atomic mass is 9.95. The molecule has 1 aromatic carbocycles. The molecule has 7 heteroatoms. The summed E-state index contributed by atoms with van der Waals surface area (Å²) in [5.41, 5.74) is -0.459. The quantitative estimate of drug-likeness (QED) is 0.406. The number of carbonyl (C=O) groups is 2. The van der Waals surface area contributed by atoms with Gasteiger partial charge in [-0.25, -0.2) is 9.59 Å². The fourth-order valence-electron chi connectivity index (χ4n) is 3.38. The molecule has 3 aromatic rings. The molecule has 0 spiro atoms. The van der Waals surface area contributed by atoms with Gasteiger partial charge in [0.1, 0.15) is 21.8 Å². The molecule has 0 atom stereocenters. The smallest absolute Gasteiger partial charge is 0.353 e. The molecule has 2 aromatic heterocycles.